The quantitative estimate of drug-likeness (QED) is 0.622. The van der Waals surface area contributed by atoms with E-state index in [4.69, 9.17) is 11.6 Å². The Kier molecular flexibility index (Phi) is 5.59. The Morgan fingerprint density at radius 3 is 2.57 bits per heavy atom. The number of carbonyl (C=O) groups is 2. The highest BCUT2D eigenvalue weighted by molar-refractivity contribution is 6.17. The summed E-state index contributed by atoms with van der Waals surface area (Å²) in [6.07, 6.45) is 0. The summed E-state index contributed by atoms with van der Waals surface area (Å²) in [6.45, 7) is 2.86. The van der Waals surface area contributed by atoms with E-state index >= 15 is 0 Å². The van der Waals surface area contributed by atoms with Crippen LogP contribution in [0.1, 0.15) is 15.9 Å². The second-order valence-electron chi connectivity index (χ2n) is 4.98. The van der Waals surface area contributed by atoms with Gasteiger partial charge in [0.15, 0.2) is 0 Å². The molecule has 0 aromatic heterocycles. The smallest absolute Gasteiger partial charge is 0.319 e. The van der Waals surface area contributed by atoms with Crippen LogP contribution in [-0.4, -0.2) is 61.5 Å². The van der Waals surface area contributed by atoms with Crippen LogP contribution in [0, 0.1) is 0 Å². The highest BCUT2D eigenvalue weighted by atomic mass is 35.5. The van der Waals surface area contributed by atoms with Gasteiger partial charge in [-0.2, -0.15) is 0 Å². The Bertz CT molecular complexity index is 513. The van der Waals surface area contributed by atoms with Gasteiger partial charge < -0.3 is 9.64 Å². The van der Waals surface area contributed by atoms with Gasteiger partial charge >= 0.3 is 5.97 Å². The number of esters is 1. The average molecular weight is 311 g/mol. The SMILES string of the molecule is COC(=O)CN1CCN(C(=O)c2cccc(CCl)c2)CC1. The highest BCUT2D eigenvalue weighted by Gasteiger charge is 2.23. The van der Waals surface area contributed by atoms with Crippen LogP contribution >= 0.6 is 11.6 Å². The van der Waals surface area contributed by atoms with E-state index in [0.29, 0.717) is 37.6 Å². The van der Waals surface area contributed by atoms with E-state index < -0.39 is 0 Å². The zero-order chi connectivity index (χ0) is 15.2. The fourth-order valence-electron chi connectivity index (χ4n) is 2.33. The van der Waals surface area contributed by atoms with E-state index in [1.54, 1.807) is 11.0 Å². The Morgan fingerprint density at radius 1 is 1.24 bits per heavy atom. The molecule has 0 unspecified atom stereocenters. The molecule has 2 rings (SSSR count). The van der Waals surface area contributed by atoms with E-state index in [2.05, 4.69) is 4.74 Å². The lowest BCUT2D eigenvalue weighted by Crippen LogP contribution is -2.50. The lowest BCUT2D eigenvalue weighted by molar-refractivity contribution is -0.142. The Hall–Kier alpha value is -1.59. The number of rotatable bonds is 4. The summed E-state index contributed by atoms with van der Waals surface area (Å²) in [6, 6.07) is 7.38. The highest BCUT2D eigenvalue weighted by Crippen LogP contribution is 2.12. The van der Waals surface area contributed by atoms with Crippen LogP contribution in [-0.2, 0) is 15.4 Å². The van der Waals surface area contributed by atoms with E-state index in [1.165, 1.54) is 7.11 Å². The van der Waals surface area contributed by atoms with Crippen LogP contribution in [0.2, 0.25) is 0 Å². The lowest BCUT2D eigenvalue weighted by Gasteiger charge is -2.34. The minimum Gasteiger partial charge on any atom is -0.468 e. The molecule has 5 nitrogen and oxygen atoms in total. The molecule has 0 bridgehead atoms. The minimum atomic E-state index is -0.246. The Morgan fingerprint density at radius 2 is 1.95 bits per heavy atom. The zero-order valence-corrected chi connectivity index (χ0v) is 12.8. The molecule has 1 amide bonds. The van der Waals surface area contributed by atoms with Gasteiger partial charge in [-0.25, -0.2) is 0 Å². The summed E-state index contributed by atoms with van der Waals surface area (Å²) in [5, 5.41) is 0. The molecule has 0 radical (unpaired) electrons. The largest absolute Gasteiger partial charge is 0.468 e. The first kappa shape index (κ1) is 15.8. The maximum Gasteiger partial charge on any atom is 0.319 e. The first-order valence-corrected chi connectivity index (χ1v) is 7.41. The third kappa shape index (κ3) is 4.19. The number of ether oxygens (including phenoxy) is 1. The van der Waals surface area contributed by atoms with Crippen LogP contribution in [0.3, 0.4) is 0 Å². The van der Waals surface area contributed by atoms with Crippen molar-refractivity contribution in [3.8, 4) is 0 Å². The number of amides is 1. The van der Waals surface area contributed by atoms with Crippen LogP contribution in [0.25, 0.3) is 0 Å². The molecular formula is C15H19ClN2O3. The third-order valence-electron chi connectivity index (χ3n) is 3.57. The first-order chi connectivity index (χ1) is 10.1. The second kappa shape index (κ2) is 7.43. The van der Waals surface area contributed by atoms with Crippen molar-refractivity contribution >= 4 is 23.5 Å². The molecule has 1 saturated heterocycles. The van der Waals surface area contributed by atoms with Crippen LogP contribution in [0.4, 0.5) is 0 Å². The van der Waals surface area contributed by atoms with Crippen molar-refractivity contribution in [3.05, 3.63) is 35.4 Å². The first-order valence-electron chi connectivity index (χ1n) is 6.87. The summed E-state index contributed by atoms with van der Waals surface area (Å²) in [5.41, 5.74) is 1.60. The van der Waals surface area contributed by atoms with E-state index in [1.807, 2.05) is 23.1 Å². The van der Waals surface area contributed by atoms with Gasteiger partial charge in [0.25, 0.3) is 5.91 Å². The number of hydrogen-bond acceptors (Lipinski definition) is 4. The number of carbonyl (C=O) groups excluding carboxylic acids is 2. The molecule has 0 N–H and O–H groups in total. The molecule has 0 saturated carbocycles. The van der Waals surface area contributed by atoms with Gasteiger partial charge in [0, 0.05) is 37.6 Å². The summed E-state index contributed by atoms with van der Waals surface area (Å²) in [5.74, 6) is 0.165. The van der Waals surface area contributed by atoms with Crippen molar-refractivity contribution in [2.45, 2.75) is 5.88 Å². The second-order valence-corrected chi connectivity index (χ2v) is 5.25. The Labute approximate surface area is 129 Å². The monoisotopic (exact) mass is 310 g/mol. The van der Waals surface area contributed by atoms with E-state index in [-0.39, 0.29) is 18.4 Å². The molecule has 1 aromatic rings. The molecule has 6 heteroatoms. The van der Waals surface area contributed by atoms with Crippen molar-refractivity contribution in [1.82, 2.24) is 9.80 Å². The van der Waals surface area contributed by atoms with Crippen LogP contribution in [0.15, 0.2) is 24.3 Å². The molecule has 1 heterocycles. The number of piperazine rings is 1. The predicted molar refractivity (Wildman–Crippen MR) is 80.4 cm³/mol. The summed E-state index contributed by atoms with van der Waals surface area (Å²) < 4.78 is 4.65. The maximum atomic E-state index is 12.4. The van der Waals surface area contributed by atoms with Gasteiger partial charge in [0.1, 0.15) is 0 Å². The molecule has 1 aromatic carbocycles. The van der Waals surface area contributed by atoms with Crippen molar-refractivity contribution in [2.24, 2.45) is 0 Å². The molecule has 0 atom stereocenters. The van der Waals surface area contributed by atoms with Gasteiger partial charge in [0.2, 0.25) is 0 Å². The van der Waals surface area contributed by atoms with Gasteiger partial charge in [-0.1, -0.05) is 12.1 Å². The van der Waals surface area contributed by atoms with Crippen molar-refractivity contribution in [2.75, 3.05) is 39.8 Å². The van der Waals surface area contributed by atoms with Crippen LogP contribution < -0.4 is 0 Å². The summed E-state index contributed by atoms with van der Waals surface area (Å²) in [7, 11) is 1.38. The molecule has 114 valence electrons. The van der Waals surface area contributed by atoms with Crippen molar-refractivity contribution < 1.29 is 14.3 Å². The molecule has 21 heavy (non-hydrogen) atoms. The minimum absolute atomic E-state index is 0.0136. The fourth-order valence-corrected chi connectivity index (χ4v) is 2.49. The standard InChI is InChI=1S/C15H19ClN2O3/c1-21-14(19)11-17-5-7-18(8-6-17)15(20)13-4-2-3-12(9-13)10-16/h2-4,9H,5-8,10-11H2,1H3. The number of hydrogen-bond donors (Lipinski definition) is 0. The number of methoxy groups -OCH3 is 1. The topological polar surface area (TPSA) is 49.9 Å². The summed E-state index contributed by atoms with van der Waals surface area (Å²) in [4.78, 5) is 27.5. The molecule has 0 aliphatic carbocycles. The molecule has 0 spiro atoms. The molecular weight excluding hydrogens is 292 g/mol. The van der Waals surface area contributed by atoms with E-state index in [0.717, 1.165) is 5.56 Å². The van der Waals surface area contributed by atoms with Gasteiger partial charge in [-0.3, -0.25) is 14.5 Å². The number of alkyl halides is 1. The molecule has 1 aliphatic heterocycles. The number of halogens is 1. The number of benzene rings is 1. The zero-order valence-electron chi connectivity index (χ0n) is 12.0. The molecule has 1 aliphatic rings. The third-order valence-corrected chi connectivity index (χ3v) is 3.88. The Balaban J connectivity index is 1.92. The summed E-state index contributed by atoms with van der Waals surface area (Å²) >= 11 is 5.80. The van der Waals surface area contributed by atoms with Crippen molar-refractivity contribution in [1.29, 1.82) is 0 Å². The van der Waals surface area contributed by atoms with Gasteiger partial charge in [-0.05, 0) is 17.7 Å². The fraction of sp³-hybridized carbons (Fsp3) is 0.467. The van der Waals surface area contributed by atoms with E-state index in [9.17, 15) is 9.59 Å². The van der Waals surface area contributed by atoms with Gasteiger partial charge in [0.05, 0.1) is 13.7 Å². The number of nitrogens with zero attached hydrogens (tertiary/aromatic N) is 2. The lowest BCUT2D eigenvalue weighted by atomic mass is 10.1. The van der Waals surface area contributed by atoms with Crippen molar-refractivity contribution in [3.63, 3.8) is 0 Å². The molecule has 1 fully saturated rings. The van der Waals surface area contributed by atoms with Crippen LogP contribution in [0.5, 0.6) is 0 Å². The maximum absolute atomic E-state index is 12.4. The van der Waals surface area contributed by atoms with Gasteiger partial charge in [-0.15, -0.1) is 11.6 Å². The normalized spacial score (nSPS) is 15.8. The predicted octanol–water partition coefficient (Wildman–Crippen LogP) is 1.36. The average Bonchev–Trinajstić information content (AvgIpc) is 2.54.